The first kappa shape index (κ1) is 18.6. The number of aliphatic hydroxyl groups excluding tert-OH is 1. The largest absolute Gasteiger partial charge is 0.464 e. The highest BCUT2D eigenvalue weighted by atomic mass is 16.5. The highest BCUT2D eigenvalue weighted by Gasteiger charge is 2.26. The van der Waals surface area contributed by atoms with Crippen LogP contribution in [0.1, 0.15) is 36.8 Å². The van der Waals surface area contributed by atoms with E-state index in [0.717, 1.165) is 17.7 Å². The summed E-state index contributed by atoms with van der Waals surface area (Å²) >= 11 is 0. The summed E-state index contributed by atoms with van der Waals surface area (Å²) in [6, 6.07) is 6.87. The number of carbonyl (C=O) groups excluding carboxylic acids is 2. The second kappa shape index (κ2) is 8.39. The number of carbonyl (C=O) groups is 2. The van der Waals surface area contributed by atoms with Gasteiger partial charge in [0.25, 0.3) is 5.91 Å². The second-order valence-electron chi connectivity index (χ2n) is 5.49. The first-order valence-corrected chi connectivity index (χ1v) is 8.14. The van der Waals surface area contributed by atoms with Gasteiger partial charge in [0.15, 0.2) is 11.8 Å². The molecular formula is C17H22N4O4. The third kappa shape index (κ3) is 4.42. The lowest BCUT2D eigenvalue weighted by molar-refractivity contribution is -0.154. The number of nitrogens with one attached hydrogen (secondary N) is 1. The van der Waals surface area contributed by atoms with E-state index in [0.29, 0.717) is 0 Å². The third-order valence-electron chi connectivity index (χ3n) is 3.71. The van der Waals surface area contributed by atoms with Crippen LogP contribution < -0.4 is 5.32 Å². The minimum atomic E-state index is -1.44. The molecule has 0 aliphatic carbocycles. The second-order valence-corrected chi connectivity index (χ2v) is 5.49. The summed E-state index contributed by atoms with van der Waals surface area (Å²) in [6.07, 6.45) is 0.882. The number of esters is 1. The maximum absolute atomic E-state index is 12.2. The molecule has 1 aromatic heterocycles. The van der Waals surface area contributed by atoms with E-state index in [1.807, 2.05) is 31.2 Å². The van der Waals surface area contributed by atoms with E-state index in [1.54, 1.807) is 6.92 Å². The molecule has 8 nitrogen and oxygen atoms in total. The van der Waals surface area contributed by atoms with Crippen LogP contribution in [0, 0.1) is 0 Å². The molecule has 2 aromatic rings. The number of ether oxygens (including phenoxy) is 1. The summed E-state index contributed by atoms with van der Waals surface area (Å²) in [4.78, 5) is 23.8. The molecule has 0 saturated carbocycles. The molecule has 0 aliphatic rings. The van der Waals surface area contributed by atoms with Crippen molar-refractivity contribution in [3.05, 3.63) is 41.7 Å². The van der Waals surface area contributed by atoms with Crippen LogP contribution in [0.4, 0.5) is 0 Å². The average molecular weight is 346 g/mol. The number of rotatable bonds is 7. The van der Waals surface area contributed by atoms with Crippen molar-refractivity contribution in [2.45, 2.75) is 39.3 Å². The molecule has 0 saturated heterocycles. The Bertz CT molecular complexity index is 744. The minimum absolute atomic E-state index is 0.0915. The predicted octanol–water partition coefficient (Wildman–Crippen LogP) is 0.872. The molecule has 2 rings (SSSR count). The Labute approximate surface area is 145 Å². The summed E-state index contributed by atoms with van der Waals surface area (Å²) in [7, 11) is 0. The fraction of sp³-hybridized carbons (Fsp3) is 0.412. The predicted molar refractivity (Wildman–Crippen MR) is 90.3 cm³/mol. The zero-order chi connectivity index (χ0) is 18.4. The highest BCUT2D eigenvalue weighted by Crippen LogP contribution is 2.14. The van der Waals surface area contributed by atoms with E-state index in [1.165, 1.54) is 17.8 Å². The van der Waals surface area contributed by atoms with Crippen molar-refractivity contribution >= 4 is 11.9 Å². The standard InChI is InChI=1S/C17H22N4O4/c1-4-12-8-6-7-9-14(12)21-10-13(19-20-21)16(23)18-11(3)15(22)17(24)25-5-2/h6-11,15,22H,4-5H2,1-3H3,(H,18,23). The molecule has 1 aromatic carbocycles. The van der Waals surface area contributed by atoms with E-state index in [4.69, 9.17) is 4.74 Å². The van der Waals surface area contributed by atoms with Crippen molar-refractivity contribution in [1.29, 1.82) is 0 Å². The Hall–Kier alpha value is -2.74. The topological polar surface area (TPSA) is 106 Å². The van der Waals surface area contributed by atoms with Gasteiger partial charge in [0, 0.05) is 0 Å². The summed E-state index contributed by atoms with van der Waals surface area (Å²) < 4.78 is 6.26. The maximum Gasteiger partial charge on any atom is 0.337 e. The summed E-state index contributed by atoms with van der Waals surface area (Å²) in [6.45, 7) is 5.33. The molecule has 0 aliphatic heterocycles. The molecule has 0 spiro atoms. The Morgan fingerprint density at radius 2 is 2.04 bits per heavy atom. The van der Waals surface area contributed by atoms with Crippen molar-refractivity contribution in [3.8, 4) is 5.69 Å². The Morgan fingerprint density at radius 3 is 2.72 bits per heavy atom. The van der Waals surface area contributed by atoms with Gasteiger partial charge in [0.2, 0.25) is 0 Å². The number of aryl methyl sites for hydroxylation is 1. The number of nitrogens with zero attached hydrogens (tertiary/aromatic N) is 3. The minimum Gasteiger partial charge on any atom is -0.464 e. The van der Waals surface area contributed by atoms with E-state index < -0.39 is 24.0 Å². The van der Waals surface area contributed by atoms with Gasteiger partial charge < -0.3 is 15.2 Å². The molecule has 0 bridgehead atoms. The molecule has 0 fully saturated rings. The van der Waals surface area contributed by atoms with E-state index in [2.05, 4.69) is 15.6 Å². The van der Waals surface area contributed by atoms with Gasteiger partial charge in [-0.25, -0.2) is 9.48 Å². The van der Waals surface area contributed by atoms with Gasteiger partial charge in [-0.05, 0) is 31.9 Å². The first-order chi connectivity index (χ1) is 12.0. The number of para-hydroxylation sites is 1. The van der Waals surface area contributed by atoms with E-state index in [-0.39, 0.29) is 12.3 Å². The highest BCUT2D eigenvalue weighted by molar-refractivity contribution is 5.92. The normalized spacial score (nSPS) is 13.1. The van der Waals surface area contributed by atoms with Crippen LogP contribution in [-0.2, 0) is 16.0 Å². The lowest BCUT2D eigenvalue weighted by Gasteiger charge is -2.18. The number of aliphatic hydroxyl groups is 1. The van der Waals surface area contributed by atoms with Crippen LogP contribution in [0.5, 0.6) is 0 Å². The number of aromatic nitrogens is 3. The molecule has 1 amide bonds. The van der Waals surface area contributed by atoms with Gasteiger partial charge in [0.1, 0.15) is 0 Å². The lowest BCUT2D eigenvalue weighted by atomic mass is 10.1. The first-order valence-electron chi connectivity index (χ1n) is 8.14. The zero-order valence-electron chi connectivity index (χ0n) is 14.5. The molecule has 2 atom stereocenters. The molecule has 2 N–H and O–H groups in total. The number of benzene rings is 1. The number of hydrogen-bond acceptors (Lipinski definition) is 6. The van der Waals surface area contributed by atoms with Crippen LogP contribution in [0.2, 0.25) is 0 Å². The Kier molecular flexibility index (Phi) is 6.24. The molecule has 1 heterocycles. The molecule has 0 radical (unpaired) electrons. The van der Waals surface area contributed by atoms with Gasteiger partial charge in [-0.2, -0.15) is 0 Å². The monoisotopic (exact) mass is 346 g/mol. The van der Waals surface area contributed by atoms with Gasteiger partial charge in [-0.1, -0.05) is 30.3 Å². The zero-order valence-corrected chi connectivity index (χ0v) is 14.5. The maximum atomic E-state index is 12.2. The van der Waals surface area contributed by atoms with E-state index >= 15 is 0 Å². The van der Waals surface area contributed by atoms with Gasteiger partial charge in [-0.3, -0.25) is 4.79 Å². The van der Waals surface area contributed by atoms with Gasteiger partial charge in [0.05, 0.1) is 24.5 Å². The fourth-order valence-electron chi connectivity index (χ4n) is 2.31. The summed E-state index contributed by atoms with van der Waals surface area (Å²) in [5.41, 5.74) is 2.01. The van der Waals surface area contributed by atoms with Crippen molar-refractivity contribution < 1.29 is 19.4 Å². The molecule has 2 unspecified atom stereocenters. The van der Waals surface area contributed by atoms with Crippen LogP contribution in [-0.4, -0.2) is 50.7 Å². The van der Waals surface area contributed by atoms with Crippen molar-refractivity contribution in [2.24, 2.45) is 0 Å². The van der Waals surface area contributed by atoms with Crippen LogP contribution >= 0.6 is 0 Å². The van der Waals surface area contributed by atoms with Crippen molar-refractivity contribution in [1.82, 2.24) is 20.3 Å². The average Bonchev–Trinajstić information content (AvgIpc) is 3.11. The summed E-state index contributed by atoms with van der Waals surface area (Å²) in [5, 5.41) is 20.2. The van der Waals surface area contributed by atoms with Crippen molar-refractivity contribution in [3.63, 3.8) is 0 Å². The summed E-state index contributed by atoms with van der Waals surface area (Å²) in [5.74, 6) is -1.31. The van der Waals surface area contributed by atoms with E-state index in [9.17, 15) is 14.7 Å². The molecular weight excluding hydrogens is 324 g/mol. The molecule has 134 valence electrons. The quantitative estimate of drug-likeness (QED) is 0.721. The van der Waals surface area contributed by atoms with Gasteiger partial charge >= 0.3 is 5.97 Å². The van der Waals surface area contributed by atoms with Crippen LogP contribution in [0.25, 0.3) is 5.69 Å². The Balaban J connectivity index is 2.09. The number of hydrogen-bond donors (Lipinski definition) is 2. The van der Waals surface area contributed by atoms with Crippen LogP contribution in [0.3, 0.4) is 0 Å². The number of amides is 1. The lowest BCUT2D eigenvalue weighted by Crippen LogP contribution is -2.45. The Morgan fingerprint density at radius 1 is 1.32 bits per heavy atom. The smallest absolute Gasteiger partial charge is 0.337 e. The molecule has 25 heavy (non-hydrogen) atoms. The SMILES string of the molecule is CCOC(=O)C(O)C(C)NC(=O)c1cn(-c2ccccc2CC)nn1. The molecule has 8 heteroatoms. The fourth-order valence-corrected chi connectivity index (χ4v) is 2.31. The van der Waals surface area contributed by atoms with Crippen LogP contribution in [0.15, 0.2) is 30.5 Å². The van der Waals surface area contributed by atoms with Crippen molar-refractivity contribution in [2.75, 3.05) is 6.61 Å². The third-order valence-corrected chi connectivity index (χ3v) is 3.71. The van der Waals surface area contributed by atoms with Gasteiger partial charge in [-0.15, -0.1) is 5.10 Å².